The Labute approximate surface area is 96.9 Å². The molecule has 5 N–H and O–H groups in total. The van der Waals surface area contributed by atoms with Gasteiger partial charge in [-0.1, -0.05) is 5.18 Å². The molecule has 0 aromatic carbocycles. The van der Waals surface area contributed by atoms with Crippen LogP contribution in [0.15, 0.2) is 11.4 Å². The normalized spacial score (nSPS) is 18.4. The van der Waals surface area contributed by atoms with Crippen LogP contribution in [0.5, 0.6) is 0 Å². The summed E-state index contributed by atoms with van der Waals surface area (Å²) in [6, 6.07) is -0.698. The lowest BCUT2D eigenvalue weighted by molar-refractivity contribution is -0.0788. The first-order valence-corrected chi connectivity index (χ1v) is 5.03. The maximum absolute atomic E-state index is 10.3. The van der Waals surface area contributed by atoms with Gasteiger partial charge in [0.05, 0.1) is 18.5 Å². The zero-order chi connectivity index (χ0) is 13.0. The van der Waals surface area contributed by atoms with E-state index in [0.29, 0.717) is 0 Å². The molecule has 96 valence electrons. The van der Waals surface area contributed by atoms with E-state index in [2.05, 4.69) is 15.1 Å². The van der Waals surface area contributed by atoms with Crippen LogP contribution in [0.1, 0.15) is 30.6 Å². The number of aliphatic hydroxyl groups excluding tert-OH is 4. The third kappa shape index (κ3) is 3.07. The van der Waals surface area contributed by atoms with Crippen molar-refractivity contribution in [1.29, 1.82) is 0 Å². The first-order chi connectivity index (χ1) is 8.01. The van der Waals surface area contributed by atoms with Gasteiger partial charge in [0, 0.05) is 0 Å². The van der Waals surface area contributed by atoms with E-state index in [1.54, 1.807) is 0 Å². The third-order valence-electron chi connectivity index (χ3n) is 2.39. The van der Waals surface area contributed by atoms with Crippen molar-refractivity contribution in [2.45, 2.75) is 31.3 Å². The average molecular weight is 245 g/mol. The van der Waals surface area contributed by atoms with Crippen molar-refractivity contribution < 1.29 is 20.4 Å². The highest BCUT2D eigenvalue weighted by molar-refractivity contribution is 5.09. The summed E-state index contributed by atoms with van der Waals surface area (Å²) in [7, 11) is 0. The van der Waals surface area contributed by atoms with Gasteiger partial charge < -0.3 is 25.4 Å². The maximum atomic E-state index is 10.3. The van der Waals surface area contributed by atoms with Gasteiger partial charge in [0.1, 0.15) is 30.2 Å². The molecule has 0 radical (unpaired) electrons. The van der Waals surface area contributed by atoms with E-state index in [1.165, 1.54) is 13.1 Å². The summed E-state index contributed by atoms with van der Waals surface area (Å²) in [5.74, 6) is 0.250. The van der Waals surface area contributed by atoms with Crippen molar-refractivity contribution in [3.8, 4) is 0 Å². The van der Waals surface area contributed by atoms with E-state index in [1.807, 2.05) is 0 Å². The summed E-state index contributed by atoms with van der Waals surface area (Å²) in [5, 5.41) is 39.6. The molecule has 0 amide bonds. The van der Waals surface area contributed by atoms with Gasteiger partial charge in [-0.25, -0.2) is 4.98 Å². The lowest BCUT2D eigenvalue weighted by atomic mass is 10.1. The molecule has 0 saturated heterocycles. The number of hydrogen-bond donors (Lipinski definition) is 5. The smallest absolute Gasteiger partial charge is 0.147 e. The van der Waals surface area contributed by atoms with Crippen LogP contribution >= 0.6 is 0 Å². The Balaban J connectivity index is 2.79. The number of nitrogens with one attached hydrogen (secondary N) is 1. The minimum atomic E-state index is -1.55. The summed E-state index contributed by atoms with van der Waals surface area (Å²) in [6.45, 7) is 0.840. The van der Waals surface area contributed by atoms with Crippen molar-refractivity contribution in [3.63, 3.8) is 0 Å². The van der Waals surface area contributed by atoms with Gasteiger partial charge in [-0.3, -0.25) is 0 Å². The summed E-state index contributed by atoms with van der Waals surface area (Å²) >= 11 is 0. The second-order valence-electron chi connectivity index (χ2n) is 3.69. The third-order valence-corrected chi connectivity index (χ3v) is 2.39. The quantitative estimate of drug-likeness (QED) is 0.407. The van der Waals surface area contributed by atoms with Crippen LogP contribution in [0.25, 0.3) is 0 Å². The topological polar surface area (TPSA) is 139 Å². The van der Waals surface area contributed by atoms with E-state index in [4.69, 9.17) is 10.2 Å². The number of H-pyrrole nitrogens is 1. The summed E-state index contributed by atoms with van der Waals surface area (Å²) < 4.78 is 0. The molecule has 0 aliphatic carbocycles. The highest BCUT2D eigenvalue weighted by Gasteiger charge is 2.27. The molecule has 0 aliphatic rings. The Morgan fingerprint density at radius 3 is 2.65 bits per heavy atom. The molecule has 4 atom stereocenters. The zero-order valence-electron chi connectivity index (χ0n) is 9.19. The van der Waals surface area contributed by atoms with Crippen LogP contribution in [0.3, 0.4) is 0 Å². The van der Waals surface area contributed by atoms with Crippen LogP contribution in [0.4, 0.5) is 0 Å². The number of nitrogens with zero attached hydrogens (tertiary/aromatic N) is 2. The Kier molecular flexibility index (Phi) is 4.70. The molecule has 1 aromatic rings. The molecule has 8 nitrogen and oxygen atoms in total. The lowest BCUT2D eigenvalue weighted by Crippen LogP contribution is -2.34. The van der Waals surface area contributed by atoms with Crippen LogP contribution in [-0.4, -0.2) is 49.2 Å². The van der Waals surface area contributed by atoms with Gasteiger partial charge in [-0.2, -0.15) is 4.91 Å². The molecule has 0 aliphatic heterocycles. The standard InChI is InChI=1S/C9H15N3O5/c1-4(12-17)9-10-2-5(11-9)7(15)8(16)6(14)3-13/h2,4,6-8,13-16H,3H2,1H3,(H,10,11). The fraction of sp³-hybridized carbons (Fsp3) is 0.667. The molecule has 1 aromatic heterocycles. The van der Waals surface area contributed by atoms with E-state index >= 15 is 0 Å². The second-order valence-corrected chi connectivity index (χ2v) is 3.69. The molecule has 0 saturated carbocycles. The largest absolute Gasteiger partial charge is 0.394 e. The molecule has 17 heavy (non-hydrogen) atoms. The molecule has 0 bridgehead atoms. The minimum absolute atomic E-state index is 0.135. The van der Waals surface area contributed by atoms with Crippen LogP contribution in [-0.2, 0) is 0 Å². The Bertz CT molecular complexity index is 369. The molecule has 0 spiro atoms. The SMILES string of the molecule is CC(N=O)c1ncc(C(O)C(O)C(O)CO)[nH]1. The molecule has 0 fully saturated rings. The molecule has 4 unspecified atom stereocenters. The Hall–Kier alpha value is -1.35. The van der Waals surface area contributed by atoms with E-state index < -0.39 is 31.0 Å². The zero-order valence-corrected chi connectivity index (χ0v) is 9.19. The van der Waals surface area contributed by atoms with Gasteiger partial charge in [0.15, 0.2) is 0 Å². The van der Waals surface area contributed by atoms with Gasteiger partial charge in [-0.05, 0) is 6.92 Å². The predicted octanol–water partition coefficient (Wildman–Crippen LogP) is -1.02. The number of aromatic nitrogens is 2. The summed E-state index contributed by atoms with van der Waals surface area (Å²) in [5.41, 5.74) is 0.135. The number of hydrogen-bond acceptors (Lipinski definition) is 7. The highest BCUT2D eigenvalue weighted by Crippen LogP contribution is 2.20. The Morgan fingerprint density at radius 2 is 2.12 bits per heavy atom. The van der Waals surface area contributed by atoms with Crippen LogP contribution in [0, 0.1) is 4.91 Å². The highest BCUT2D eigenvalue weighted by atomic mass is 16.4. The van der Waals surface area contributed by atoms with Crippen LogP contribution < -0.4 is 0 Å². The fourth-order valence-electron chi connectivity index (χ4n) is 1.27. The minimum Gasteiger partial charge on any atom is -0.394 e. The van der Waals surface area contributed by atoms with Gasteiger partial charge in [0.2, 0.25) is 0 Å². The van der Waals surface area contributed by atoms with E-state index in [9.17, 15) is 15.1 Å². The first kappa shape index (κ1) is 13.7. The predicted molar refractivity (Wildman–Crippen MR) is 56.9 cm³/mol. The number of nitroso groups, excluding NO2 is 1. The van der Waals surface area contributed by atoms with E-state index in [0.717, 1.165) is 0 Å². The fourth-order valence-corrected chi connectivity index (χ4v) is 1.27. The van der Waals surface area contributed by atoms with E-state index in [-0.39, 0.29) is 11.5 Å². The number of aliphatic hydroxyl groups is 4. The monoisotopic (exact) mass is 245 g/mol. The maximum Gasteiger partial charge on any atom is 0.147 e. The van der Waals surface area contributed by atoms with Crippen molar-refractivity contribution in [3.05, 3.63) is 22.6 Å². The number of imidazole rings is 1. The average Bonchev–Trinajstić information content (AvgIpc) is 2.84. The lowest BCUT2D eigenvalue weighted by Gasteiger charge is -2.20. The summed E-state index contributed by atoms with van der Waals surface area (Å²) in [4.78, 5) is 16.7. The molecular weight excluding hydrogens is 230 g/mol. The second kappa shape index (κ2) is 5.82. The van der Waals surface area contributed by atoms with Gasteiger partial charge >= 0.3 is 0 Å². The molecule has 8 heteroatoms. The first-order valence-electron chi connectivity index (χ1n) is 5.03. The van der Waals surface area contributed by atoms with Gasteiger partial charge in [0.25, 0.3) is 0 Å². The van der Waals surface area contributed by atoms with Crippen molar-refractivity contribution in [2.24, 2.45) is 5.18 Å². The number of rotatable bonds is 6. The van der Waals surface area contributed by atoms with Crippen LogP contribution in [0.2, 0.25) is 0 Å². The molecule has 1 rings (SSSR count). The van der Waals surface area contributed by atoms with Crippen molar-refractivity contribution in [1.82, 2.24) is 9.97 Å². The van der Waals surface area contributed by atoms with Crippen molar-refractivity contribution >= 4 is 0 Å². The molecular formula is C9H15N3O5. The van der Waals surface area contributed by atoms with Gasteiger partial charge in [-0.15, -0.1) is 0 Å². The molecule has 1 heterocycles. The van der Waals surface area contributed by atoms with Crippen molar-refractivity contribution in [2.75, 3.05) is 6.61 Å². The number of aromatic amines is 1. The Morgan fingerprint density at radius 1 is 1.47 bits per heavy atom. The summed E-state index contributed by atoms with van der Waals surface area (Å²) in [6.07, 6.45) is -3.21.